The maximum atomic E-state index is 12.9. The van der Waals surface area contributed by atoms with Gasteiger partial charge in [-0.15, -0.1) is 0 Å². The third-order valence-corrected chi connectivity index (χ3v) is 6.50. The maximum Gasteiger partial charge on any atom is 0.243 e. The predicted molar refractivity (Wildman–Crippen MR) is 95.0 cm³/mol. The molecule has 1 aromatic rings. The van der Waals surface area contributed by atoms with Gasteiger partial charge < -0.3 is 5.32 Å². The van der Waals surface area contributed by atoms with Gasteiger partial charge in [-0.2, -0.15) is 4.31 Å². The second-order valence-electron chi connectivity index (χ2n) is 6.34. The molecule has 1 atom stereocenters. The van der Waals surface area contributed by atoms with Crippen LogP contribution in [-0.2, 0) is 10.0 Å². The van der Waals surface area contributed by atoms with Crippen molar-refractivity contribution in [3.8, 4) is 0 Å². The number of hydrogen-bond acceptors (Lipinski definition) is 3. The van der Waals surface area contributed by atoms with Crippen LogP contribution in [0.3, 0.4) is 0 Å². The van der Waals surface area contributed by atoms with Crippen molar-refractivity contribution in [3.63, 3.8) is 0 Å². The van der Waals surface area contributed by atoms with Crippen molar-refractivity contribution in [3.05, 3.63) is 30.3 Å². The Balaban J connectivity index is 1.93. The number of sulfonamides is 1. The summed E-state index contributed by atoms with van der Waals surface area (Å²) in [7, 11) is -3.37. The molecule has 1 N–H and O–H groups in total. The summed E-state index contributed by atoms with van der Waals surface area (Å²) >= 11 is 0. The van der Waals surface area contributed by atoms with Crippen LogP contribution >= 0.6 is 0 Å². The summed E-state index contributed by atoms with van der Waals surface area (Å²) in [5, 5.41) is 3.34. The lowest BCUT2D eigenvalue weighted by Gasteiger charge is -2.35. The molecule has 1 aliphatic rings. The van der Waals surface area contributed by atoms with E-state index in [1.165, 1.54) is 32.1 Å². The van der Waals surface area contributed by atoms with Crippen molar-refractivity contribution in [2.45, 2.75) is 62.8 Å². The number of hydrogen-bond donors (Lipinski definition) is 1. The molecule has 5 heteroatoms. The molecule has 2 rings (SSSR count). The summed E-state index contributed by atoms with van der Waals surface area (Å²) in [5.41, 5.74) is 0. The number of nitrogens with one attached hydrogen (secondary N) is 1. The number of unbranched alkanes of at least 4 members (excludes halogenated alkanes) is 5. The molecule has 1 unspecified atom stereocenters. The Hall–Kier alpha value is -0.910. The summed E-state index contributed by atoms with van der Waals surface area (Å²) in [6.07, 6.45) is 8.39. The molecule has 4 nitrogen and oxygen atoms in total. The van der Waals surface area contributed by atoms with Crippen LogP contribution < -0.4 is 5.32 Å². The molecule has 1 saturated heterocycles. The zero-order valence-electron chi connectivity index (χ0n) is 14.2. The highest BCUT2D eigenvalue weighted by Gasteiger charge is 2.32. The normalized spacial score (nSPS) is 19.8. The van der Waals surface area contributed by atoms with Crippen molar-refractivity contribution in [1.29, 1.82) is 0 Å². The van der Waals surface area contributed by atoms with E-state index in [1.54, 1.807) is 28.6 Å². The van der Waals surface area contributed by atoms with E-state index >= 15 is 0 Å². The summed E-state index contributed by atoms with van der Waals surface area (Å²) < 4.78 is 27.5. The Bertz CT molecular complexity index is 545. The van der Waals surface area contributed by atoms with Gasteiger partial charge in [0, 0.05) is 25.7 Å². The quantitative estimate of drug-likeness (QED) is 0.702. The molecule has 23 heavy (non-hydrogen) atoms. The van der Waals surface area contributed by atoms with E-state index in [0.29, 0.717) is 11.4 Å². The van der Waals surface area contributed by atoms with Crippen LogP contribution in [0.5, 0.6) is 0 Å². The second kappa shape index (κ2) is 9.40. The van der Waals surface area contributed by atoms with Crippen molar-refractivity contribution < 1.29 is 8.42 Å². The van der Waals surface area contributed by atoms with E-state index < -0.39 is 10.0 Å². The molecule has 1 aliphatic heterocycles. The summed E-state index contributed by atoms with van der Waals surface area (Å²) in [5.74, 6) is 0. The van der Waals surface area contributed by atoms with Crippen molar-refractivity contribution >= 4 is 10.0 Å². The third-order valence-electron chi connectivity index (χ3n) is 4.54. The fourth-order valence-electron chi connectivity index (χ4n) is 3.19. The molecule has 0 aliphatic carbocycles. The first kappa shape index (κ1) is 18.4. The van der Waals surface area contributed by atoms with Gasteiger partial charge in [0.05, 0.1) is 4.90 Å². The molecule has 0 saturated carbocycles. The van der Waals surface area contributed by atoms with Crippen LogP contribution in [0, 0.1) is 0 Å². The number of piperazine rings is 1. The average molecular weight is 339 g/mol. The van der Waals surface area contributed by atoms with Crippen LogP contribution in [0.1, 0.15) is 51.9 Å². The number of nitrogens with zero attached hydrogens (tertiary/aromatic N) is 1. The van der Waals surface area contributed by atoms with Crippen LogP contribution in [0.4, 0.5) is 0 Å². The van der Waals surface area contributed by atoms with E-state index in [4.69, 9.17) is 0 Å². The first-order valence-electron chi connectivity index (χ1n) is 8.94. The van der Waals surface area contributed by atoms with Gasteiger partial charge in [-0.25, -0.2) is 8.42 Å². The minimum Gasteiger partial charge on any atom is -0.314 e. The largest absolute Gasteiger partial charge is 0.314 e. The molecular formula is C18H30N2O2S. The van der Waals surface area contributed by atoms with Gasteiger partial charge in [0.2, 0.25) is 10.0 Å². The van der Waals surface area contributed by atoms with Crippen molar-refractivity contribution in [2.24, 2.45) is 0 Å². The minimum atomic E-state index is -3.37. The molecule has 1 aromatic carbocycles. The summed E-state index contributed by atoms with van der Waals surface area (Å²) in [6, 6.07) is 8.90. The van der Waals surface area contributed by atoms with Gasteiger partial charge in [-0.3, -0.25) is 0 Å². The lowest BCUT2D eigenvalue weighted by Crippen LogP contribution is -2.53. The highest BCUT2D eigenvalue weighted by atomic mass is 32.2. The van der Waals surface area contributed by atoms with Gasteiger partial charge in [0.25, 0.3) is 0 Å². The van der Waals surface area contributed by atoms with E-state index in [2.05, 4.69) is 12.2 Å². The average Bonchev–Trinajstić information content (AvgIpc) is 2.59. The lowest BCUT2D eigenvalue weighted by molar-refractivity contribution is 0.250. The molecular weight excluding hydrogens is 308 g/mol. The fraction of sp³-hybridized carbons (Fsp3) is 0.667. The van der Waals surface area contributed by atoms with Crippen LogP contribution in [0.2, 0.25) is 0 Å². The number of benzene rings is 1. The summed E-state index contributed by atoms with van der Waals surface area (Å²) in [6.45, 7) is 4.29. The van der Waals surface area contributed by atoms with Gasteiger partial charge in [-0.1, -0.05) is 63.6 Å². The standard InChI is InChI=1S/C18H30N2O2S/c1-2-3-4-5-6-8-11-17-16-19-14-15-20(17)23(21,22)18-12-9-7-10-13-18/h7,9-10,12-13,17,19H,2-6,8,11,14-16H2,1H3. The van der Waals surface area contributed by atoms with Crippen LogP contribution in [0.15, 0.2) is 35.2 Å². The highest BCUT2D eigenvalue weighted by molar-refractivity contribution is 7.89. The Morgan fingerprint density at radius 2 is 1.78 bits per heavy atom. The Kier molecular flexibility index (Phi) is 7.53. The van der Waals surface area contributed by atoms with Crippen LogP contribution in [0.25, 0.3) is 0 Å². The molecule has 130 valence electrons. The Morgan fingerprint density at radius 1 is 1.09 bits per heavy atom. The SMILES string of the molecule is CCCCCCCCC1CNCCN1S(=O)(=O)c1ccccc1. The van der Waals surface area contributed by atoms with E-state index in [9.17, 15) is 8.42 Å². The molecule has 0 radical (unpaired) electrons. The van der Waals surface area contributed by atoms with Crippen molar-refractivity contribution in [1.82, 2.24) is 9.62 Å². The first-order chi connectivity index (χ1) is 11.2. The van der Waals surface area contributed by atoms with Gasteiger partial charge in [0.15, 0.2) is 0 Å². The maximum absolute atomic E-state index is 12.9. The molecule has 0 amide bonds. The van der Waals surface area contributed by atoms with E-state index in [1.807, 2.05) is 6.07 Å². The minimum absolute atomic E-state index is 0.0835. The van der Waals surface area contributed by atoms with E-state index in [0.717, 1.165) is 25.9 Å². The lowest BCUT2D eigenvalue weighted by atomic mass is 10.0. The van der Waals surface area contributed by atoms with Crippen molar-refractivity contribution in [2.75, 3.05) is 19.6 Å². The molecule has 0 spiro atoms. The molecule has 0 aromatic heterocycles. The highest BCUT2D eigenvalue weighted by Crippen LogP contribution is 2.22. The second-order valence-corrected chi connectivity index (χ2v) is 8.23. The van der Waals surface area contributed by atoms with Gasteiger partial charge in [0.1, 0.15) is 0 Å². The van der Waals surface area contributed by atoms with Gasteiger partial charge >= 0.3 is 0 Å². The smallest absolute Gasteiger partial charge is 0.243 e. The molecule has 1 fully saturated rings. The predicted octanol–water partition coefficient (Wildman–Crippen LogP) is 3.40. The monoisotopic (exact) mass is 338 g/mol. The van der Waals surface area contributed by atoms with Crippen LogP contribution in [-0.4, -0.2) is 38.4 Å². The first-order valence-corrected chi connectivity index (χ1v) is 10.4. The zero-order valence-corrected chi connectivity index (χ0v) is 15.0. The fourth-order valence-corrected chi connectivity index (χ4v) is 4.87. The Labute approximate surface area is 141 Å². The third kappa shape index (κ3) is 5.30. The topological polar surface area (TPSA) is 49.4 Å². The van der Waals surface area contributed by atoms with E-state index in [-0.39, 0.29) is 6.04 Å². The zero-order chi connectivity index (χ0) is 16.5. The molecule has 0 bridgehead atoms. The number of rotatable bonds is 9. The summed E-state index contributed by atoms with van der Waals surface area (Å²) in [4.78, 5) is 0.412. The molecule has 1 heterocycles. The Morgan fingerprint density at radius 3 is 2.52 bits per heavy atom. The van der Waals surface area contributed by atoms with Gasteiger partial charge in [-0.05, 0) is 18.6 Å².